The minimum Gasteiger partial charge on any atom is -0.275 e. The highest BCUT2D eigenvalue weighted by Gasteiger charge is 2.32. The number of hydrogen-bond donors (Lipinski definition) is 0. The van der Waals surface area contributed by atoms with Crippen LogP contribution in [-0.4, -0.2) is 21.4 Å². The Morgan fingerprint density at radius 3 is 2.24 bits per heavy atom. The van der Waals surface area contributed by atoms with Crippen LogP contribution in [0.1, 0.15) is 11.3 Å². The van der Waals surface area contributed by atoms with Gasteiger partial charge < -0.3 is 0 Å². The Kier molecular flexibility index (Phi) is 3.74. The molecular weight excluding hydrogens is 312 g/mol. The van der Waals surface area contributed by atoms with E-state index in [4.69, 9.17) is 0 Å². The van der Waals surface area contributed by atoms with Crippen molar-refractivity contribution >= 4 is 23.4 Å². The van der Waals surface area contributed by atoms with Gasteiger partial charge in [-0.05, 0) is 24.3 Å². The summed E-state index contributed by atoms with van der Waals surface area (Å²) in [7, 11) is 1.85. The molecule has 1 aromatic heterocycles. The van der Waals surface area contributed by atoms with Gasteiger partial charge >= 0.3 is 0 Å². The Hall–Kier alpha value is -3.47. The van der Waals surface area contributed by atoms with E-state index >= 15 is 0 Å². The van der Waals surface area contributed by atoms with Gasteiger partial charge in [-0.2, -0.15) is 15.2 Å². The fraction of sp³-hybridized carbons (Fsp3) is 0.0500. The quantitative estimate of drug-likeness (QED) is 0.693. The number of hydrazone groups is 1. The molecule has 0 aliphatic carbocycles. The van der Waals surface area contributed by atoms with Crippen molar-refractivity contribution in [1.29, 1.82) is 0 Å². The van der Waals surface area contributed by atoms with Crippen molar-refractivity contribution in [2.75, 3.05) is 5.01 Å². The van der Waals surface area contributed by atoms with E-state index in [1.54, 1.807) is 10.8 Å². The van der Waals surface area contributed by atoms with Gasteiger partial charge in [-0.3, -0.25) is 9.48 Å². The summed E-state index contributed by atoms with van der Waals surface area (Å²) in [4.78, 5) is 13.0. The third-order valence-corrected chi connectivity index (χ3v) is 3.95. The van der Waals surface area contributed by atoms with Gasteiger partial charge in [0.2, 0.25) is 0 Å². The number of anilines is 1. The van der Waals surface area contributed by atoms with Crippen molar-refractivity contribution < 1.29 is 4.79 Å². The number of rotatable bonds is 3. The highest BCUT2D eigenvalue weighted by Crippen LogP contribution is 2.27. The summed E-state index contributed by atoms with van der Waals surface area (Å²) < 4.78 is 1.71. The number of amides is 1. The normalized spacial score (nSPS) is 15.7. The molecule has 0 unspecified atom stereocenters. The first kappa shape index (κ1) is 15.1. The van der Waals surface area contributed by atoms with Crippen molar-refractivity contribution in [1.82, 2.24) is 9.78 Å². The predicted molar refractivity (Wildman–Crippen MR) is 98.1 cm³/mol. The number of aryl methyl sites for hydroxylation is 1. The average molecular weight is 328 g/mol. The summed E-state index contributed by atoms with van der Waals surface area (Å²) in [5.41, 5.74) is 3.56. The Balaban J connectivity index is 1.83. The van der Waals surface area contributed by atoms with E-state index in [1.165, 1.54) is 5.01 Å². The molecule has 1 aliphatic rings. The van der Waals surface area contributed by atoms with E-state index in [-0.39, 0.29) is 5.91 Å². The highest BCUT2D eigenvalue weighted by molar-refractivity contribution is 6.37. The molecule has 3 aromatic rings. The van der Waals surface area contributed by atoms with Crippen molar-refractivity contribution in [2.24, 2.45) is 12.1 Å². The van der Waals surface area contributed by atoms with E-state index in [0.717, 1.165) is 16.9 Å². The van der Waals surface area contributed by atoms with Crippen LogP contribution < -0.4 is 5.01 Å². The molecule has 0 fully saturated rings. The molecule has 2 heterocycles. The molecule has 4 rings (SSSR count). The first-order chi connectivity index (χ1) is 12.2. The van der Waals surface area contributed by atoms with Gasteiger partial charge in [0.1, 0.15) is 5.71 Å². The summed E-state index contributed by atoms with van der Waals surface area (Å²) in [6.07, 6.45) is 3.64. The maximum Gasteiger partial charge on any atom is 0.281 e. The number of aromatic nitrogens is 2. The number of para-hydroxylation sites is 1. The van der Waals surface area contributed by atoms with Crippen LogP contribution >= 0.6 is 0 Å². The van der Waals surface area contributed by atoms with E-state index in [9.17, 15) is 4.79 Å². The second-order valence-corrected chi connectivity index (χ2v) is 5.74. The van der Waals surface area contributed by atoms with E-state index in [2.05, 4.69) is 10.2 Å². The zero-order valence-corrected chi connectivity index (χ0v) is 13.7. The third-order valence-electron chi connectivity index (χ3n) is 3.95. The number of carbonyl (C=O) groups is 1. The van der Waals surface area contributed by atoms with Gasteiger partial charge in [0.05, 0.1) is 17.0 Å². The predicted octanol–water partition coefficient (Wildman–Crippen LogP) is 3.25. The highest BCUT2D eigenvalue weighted by atomic mass is 16.2. The molecule has 0 bridgehead atoms. The van der Waals surface area contributed by atoms with E-state index in [0.29, 0.717) is 11.3 Å². The summed E-state index contributed by atoms with van der Waals surface area (Å²) in [6, 6.07) is 21.0. The fourth-order valence-corrected chi connectivity index (χ4v) is 2.76. The molecule has 0 atom stereocenters. The van der Waals surface area contributed by atoms with Gasteiger partial charge in [0.15, 0.2) is 0 Å². The van der Waals surface area contributed by atoms with Crippen LogP contribution in [0.2, 0.25) is 0 Å². The Bertz CT molecular complexity index is 971. The molecule has 1 amide bonds. The number of benzene rings is 2. The van der Waals surface area contributed by atoms with Crippen LogP contribution in [0.3, 0.4) is 0 Å². The molecule has 0 radical (unpaired) electrons. The van der Waals surface area contributed by atoms with Gasteiger partial charge in [-0.1, -0.05) is 48.5 Å². The zero-order valence-electron chi connectivity index (χ0n) is 13.7. The van der Waals surface area contributed by atoms with Gasteiger partial charge in [-0.15, -0.1) is 0 Å². The first-order valence-corrected chi connectivity index (χ1v) is 7.97. The van der Waals surface area contributed by atoms with E-state index < -0.39 is 0 Å². The molecule has 2 aromatic carbocycles. The Morgan fingerprint density at radius 1 is 0.920 bits per heavy atom. The van der Waals surface area contributed by atoms with Crippen LogP contribution in [0, 0.1) is 0 Å². The lowest BCUT2D eigenvalue weighted by Crippen LogP contribution is -2.21. The zero-order chi connectivity index (χ0) is 17.2. The molecular formula is C20H16N4O. The second kappa shape index (κ2) is 6.20. The second-order valence-electron chi connectivity index (χ2n) is 5.74. The topological polar surface area (TPSA) is 50.5 Å². The maximum absolute atomic E-state index is 13.0. The third kappa shape index (κ3) is 2.87. The smallest absolute Gasteiger partial charge is 0.275 e. The van der Waals surface area contributed by atoms with Crippen molar-refractivity contribution in [2.45, 2.75) is 0 Å². The van der Waals surface area contributed by atoms with Crippen LogP contribution in [0.5, 0.6) is 0 Å². The van der Waals surface area contributed by atoms with Gasteiger partial charge in [0, 0.05) is 18.8 Å². The molecule has 0 saturated heterocycles. The van der Waals surface area contributed by atoms with Crippen molar-refractivity contribution in [3.05, 3.63) is 89.8 Å². The molecule has 1 aliphatic heterocycles. The molecule has 0 N–H and O–H groups in total. The standard InChI is InChI=1S/C20H16N4O/c1-23-13-12-16(21-23)14-18-19(15-8-4-2-5-9-15)22-24(20(18)25)17-10-6-3-7-11-17/h2-14H,1H3. The summed E-state index contributed by atoms with van der Waals surface area (Å²) in [5.74, 6) is -0.157. The Labute approximate surface area is 145 Å². The molecule has 5 heteroatoms. The number of hydrogen-bond acceptors (Lipinski definition) is 3. The minimum absolute atomic E-state index is 0.157. The van der Waals surface area contributed by atoms with Crippen molar-refractivity contribution in [3.63, 3.8) is 0 Å². The van der Waals surface area contributed by atoms with E-state index in [1.807, 2.05) is 80.0 Å². The Morgan fingerprint density at radius 2 is 1.60 bits per heavy atom. The van der Waals surface area contributed by atoms with Gasteiger partial charge in [-0.25, -0.2) is 0 Å². The lowest BCUT2D eigenvalue weighted by molar-refractivity contribution is -0.114. The monoisotopic (exact) mass is 328 g/mol. The maximum atomic E-state index is 13.0. The summed E-state index contributed by atoms with van der Waals surface area (Å²) in [6.45, 7) is 0. The number of nitrogens with zero attached hydrogens (tertiary/aromatic N) is 4. The van der Waals surface area contributed by atoms with Gasteiger partial charge in [0.25, 0.3) is 5.91 Å². The average Bonchev–Trinajstić information content (AvgIpc) is 3.21. The lowest BCUT2D eigenvalue weighted by Gasteiger charge is -2.10. The minimum atomic E-state index is -0.157. The van der Waals surface area contributed by atoms with Crippen LogP contribution in [0.25, 0.3) is 6.08 Å². The molecule has 5 nitrogen and oxygen atoms in total. The summed E-state index contributed by atoms with van der Waals surface area (Å²) >= 11 is 0. The number of carbonyl (C=O) groups excluding carboxylic acids is 1. The van der Waals surface area contributed by atoms with Crippen LogP contribution in [0.4, 0.5) is 5.69 Å². The summed E-state index contributed by atoms with van der Waals surface area (Å²) in [5, 5.41) is 10.4. The SMILES string of the molecule is Cn1ccc(C=C2C(=O)N(c3ccccc3)N=C2c2ccccc2)n1. The molecule has 0 spiro atoms. The first-order valence-electron chi connectivity index (χ1n) is 7.97. The van der Waals surface area contributed by atoms with Crippen LogP contribution in [0.15, 0.2) is 83.6 Å². The fourth-order valence-electron chi connectivity index (χ4n) is 2.76. The lowest BCUT2D eigenvalue weighted by atomic mass is 10.0. The molecule has 0 saturated carbocycles. The largest absolute Gasteiger partial charge is 0.281 e. The van der Waals surface area contributed by atoms with Crippen LogP contribution in [-0.2, 0) is 11.8 Å². The van der Waals surface area contributed by atoms with Crippen molar-refractivity contribution in [3.8, 4) is 0 Å². The molecule has 122 valence electrons. The molecule has 25 heavy (non-hydrogen) atoms.